The predicted octanol–water partition coefficient (Wildman–Crippen LogP) is 1.68. The van der Waals surface area contributed by atoms with Gasteiger partial charge in [-0.2, -0.15) is 0 Å². The third-order valence-corrected chi connectivity index (χ3v) is 1.74. The Bertz CT molecular complexity index is 369. The lowest BCUT2D eigenvalue weighted by molar-refractivity contribution is -0.148. The second-order valence-corrected chi connectivity index (χ2v) is 3.12. The van der Waals surface area contributed by atoms with E-state index >= 15 is 0 Å². The molecule has 3 nitrogen and oxygen atoms in total. The fourth-order valence-corrected chi connectivity index (χ4v) is 1.22. The molecule has 0 atom stereocenters. The van der Waals surface area contributed by atoms with Crippen molar-refractivity contribution in [2.75, 3.05) is 0 Å². The zero-order valence-corrected chi connectivity index (χ0v) is 7.71. The normalized spacial score (nSPS) is 9.86. The van der Waals surface area contributed by atoms with Gasteiger partial charge in [0.15, 0.2) is 0 Å². The summed E-state index contributed by atoms with van der Waals surface area (Å²) in [6.45, 7) is 0. The van der Waals surface area contributed by atoms with E-state index in [-0.39, 0.29) is 17.0 Å². The van der Waals surface area contributed by atoms with Crippen LogP contribution in [-0.2, 0) is 16.0 Å². The number of carbonyl (C=O) groups excluding carboxylic acids is 1. The monoisotopic (exact) mass is 216 g/mol. The molecular formula is C9H6ClFO3. The maximum absolute atomic E-state index is 12.7. The summed E-state index contributed by atoms with van der Waals surface area (Å²) in [7, 11) is 0. The van der Waals surface area contributed by atoms with Gasteiger partial charge in [0.2, 0.25) is 5.78 Å². The third-order valence-electron chi connectivity index (χ3n) is 1.53. The quantitative estimate of drug-likeness (QED) is 0.782. The summed E-state index contributed by atoms with van der Waals surface area (Å²) >= 11 is 5.51. The smallest absolute Gasteiger partial charge is 0.372 e. The summed E-state index contributed by atoms with van der Waals surface area (Å²) in [5, 5.41) is 8.44. The van der Waals surface area contributed by atoms with Crippen molar-refractivity contribution < 1.29 is 19.1 Å². The molecule has 0 radical (unpaired) electrons. The Morgan fingerprint density at radius 1 is 1.36 bits per heavy atom. The summed E-state index contributed by atoms with van der Waals surface area (Å²) in [4.78, 5) is 21.0. The van der Waals surface area contributed by atoms with Gasteiger partial charge >= 0.3 is 5.97 Å². The zero-order valence-electron chi connectivity index (χ0n) is 6.96. The highest BCUT2D eigenvalue weighted by atomic mass is 35.5. The van der Waals surface area contributed by atoms with Crippen LogP contribution in [0.2, 0.25) is 5.02 Å². The lowest BCUT2D eigenvalue weighted by Crippen LogP contribution is -2.15. The highest BCUT2D eigenvalue weighted by molar-refractivity contribution is 6.33. The van der Waals surface area contributed by atoms with E-state index in [1.54, 1.807) is 0 Å². The molecule has 0 bridgehead atoms. The molecule has 0 fully saturated rings. The lowest BCUT2D eigenvalue weighted by Gasteiger charge is -1.99. The number of hydrogen-bond acceptors (Lipinski definition) is 2. The molecule has 0 saturated heterocycles. The number of rotatable bonds is 3. The van der Waals surface area contributed by atoms with Crippen molar-refractivity contribution in [1.82, 2.24) is 0 Å². The van der Waals surface area contributed by atoms with E-state index < -0.39 is 17.6 Å². The van der Waals surface area contributed by atoms with E-state index in [2.05, 4.69) is 0 Å². The maximum atomic E-state index is 12.7. The van der Waals surface area contributed by atoms with E-state index in [0.29, 0.717) is 0 Å². The van der Waals surface area contributed by atoms with Gasteiger partial charge in [0, 0.05) is 11.4 Å². The SMILES string of the molecule is O=C(O)C(=O)Cc1cc(F)cc(Cl)c1. The van der Waals surface area contributed by atoms with Crippen LogP contribution in [0.15, 0.2) is 18.2 Å². The molecule has 1 N–H and O–H groups in total. The molecule has 1 aromatic carbocycles. The highest BCUT2D eigenvalue weighted by Crippen LogP contribution is 2.14. The van der Waals surface area contributed by atoms with Gasteiger partial charge in [-0.15, -0.1) is 0 Å². The van der Waals surface area contributed by atoms with Gasteiger partial charge in [-0.25, -0.2) is 9.18 Å². The van der Waals surface area contributed by atoms with E-state index in [9.17, 15) is 14.0 Å². The third kappa shape index (κ3) is 2.81. The fourth-order valence-electron chi connectivity index (χ4n) is 0.974. The van der Waals surface area contributed by atoms with Crippen molar-refractivity contribution in [3.8, 4) is 0 Å². The minimum absolute atomic E-state index is 0.137. The molecule has 74 valence electrons. The van der Waals surface area contributed by atoms with Crippen LogP contribution in [0.4, 0.5) is 4.39 Å². The van der Waals surface area contributed by atoms with Crippen LogP contribution < -0.4 is 0 Å². The molecule has 1 aromatic rings. The molecule has 0 aliphatic rings. The summed E-state index contributed by atoms with van der Waals surface area (Å²) in [5.41, 5.74) is 0.252. The number of carbonyl (C=O) groups is 2. The van der Waals surface area contributed by atoms with E-state index in [0.717, 1.165) is 12.1 Å². The summed E-state index contributed by atoms with van der Waals surface area (Å²) in [6.07, 6.45) is -0.354. The van der Waals surface area contributed by atoms with Gasteiger partial charge in [0.1, 0.15) is 5.82 Å². The zero-order chi connectivity index (χ0) is 10.7. The Labute approximate surface area is 84.1 Å². The fraction of sp³-hybridized carbons (Fsp3) is 0.111. The minimum Gasteiger partial charge on any atom is -0.475 e. The lowest BCUT2D eigenvalue weighted by atomic mass is 10.1. The van der Waals surface area contributed by atoms with Gasteiger partial charge in [-0.1, -0.05) is 11.6 Å². The standard InChI is InChI=1S/C9H6ClFO3/c10-6-1-5(2-7(11)4-6)3-8(12)9(13)14/h1-2,4H,3H2,(H,13,14). The molecule has 5 heteroatoms. The molecule has 0 aliphatic heterocycles. The average Bonchev–Trinajstić information content (AvgIpc) is 2.01. The van der Waals surface area contributed by atoms with Gasteiger partial charge in [0.05, 0.1) is 0 Å². The topological polar surface area (TPSA) is 54.4 Å². The van der Waals surface area contributed by atoms with Gasteiger partial charge in [-0.3, -0.25) is 4.79 Å². The molecule has 1 rings (SSSR count). The summed E-state index contributed by atoms with van der Waals surface area (Å²) < 4.78 is 12.7. The molecule has 0 unspecified atom stereocenters. The average molecular weight is 217 g/mol. The molecule has 0 spiro atoms. The van der Waals surface area contributed by atoms with Crippen LogP contribution >= 0.6 is 11.6 Å². The number of ketones is 1. The number of halogens is 2. The van der Waals surface area contributed by atoms with Crippen LogP contribution in [0.25, 0.3) is 0 Å². The Kier molecular flexibility index (Phi) is 3.19. The second kappa shape index (κ2) is 4.19. The van der Waals surface area contributed by atoms with Gasteiger partial charge in [-0.05, 0) is 23.8 Å². The Morgan fingerprint density at radius 3 is 2.50 bits per heavy atom. The van der Waals surface area contributed by atoms with Crippen molar-refractivity contribution in [2.45, 2.75) is 6.42 Å². The van der Waals surface area contributed by atoms with Crippen molar-refractivity contribution >= 4 is 23.4 Å². The predicted molar refractivity (Wildman–Crippen MR) is 47.8 cm³/mol. The van der Waals surface area contributed by atoms with Crippen molar-refractivity contribution in [1.29, 1.82) is 0 Å². The Morgan fingerprint density at radius 2 is 2.00 bits per heavy atom. The second-order valence-electron chi connectivity index (χ2n) is 2.68. The van der Waals surface area contributed by atoms with Crippen molar-refractivity contribution in [3.05, 3.63) is 34.6 Å². The minimum atomic E-state index is -1.54. The van der Waals surface area contributed by atoms with Gasteiger partial charge < -0.3 is 5.11 Å². The van der Waals surface area contributed by atoms with Crippen molar-refractivity contribution in [3.63, 3.8) is 0 Å². The summed E-state index contributed by atoms with van der Waals surface area (Å²) in [6, 6.07) is 3.51. The van der Waals surface area contributed by atoms with Crippen LogP contribution in [0.3, 0.4) is 0 Å². The van der Waals surface area contributed by atoms with Crippen LogP contribution in [-0.4, -0.2) is 16.9 Å². The number of aliphatic carboxylic acids is 1. The Balaban J connectivity index is 2.87. The van der Waals surface area contributed by atoms with Crippen LogP contribution in [0, 0.1) is 5.82 Å². The molecule has 0 amide bonds. The van der Waals surface area contributed by atoms with E-state index in [4.69, 9.17) is 16.7 Å². The number of carboxylic acids is 1. The highest BCUT2D eigenvalue weighted by Gasteiger charge is 2.12. The van der Waals surface area contributed by atoms with Gasteiger partial charge in [0.25, 0.3) is 0 Å². The molecule has 0 aromatic heterocycles. The number of carboxylic acid groups (broad SMARTS) is 1. The molecule has 14 heavy (non-hydrogen) atoms. The maximum Gasteiger partial charge on any atom is 0.372 e. The molecule has 0 aliphatic carbocycles. The Hall–Kier alpha value is -1.42. The summed E-state index contributed by atoms with van der Waals surface area (Å²) in [5.74, 6) is -3.12. The molecular weight excluding hydrogens is 211 g/mol. The number of hydrogen-bond donors (Lipinski definition) is 1. The first-order valence-corrected chi connectivity index (χ1v) is 4.08. The van der Waals surface area contributed by atoms with Crippen LogP contribution in [0.1, 0.15) is 5.56 Å². The van der Waals surface area contributed by atoms with E-state index in [1.165, 1.54) is 6.07 Å². The van der Waals surface area contributed by atoms with Crippen molar-refractivity contribution in [2.24, 2.45) is 0 Å². The first-order valence-electron chi connectivity index (χ1n) is 3.70. The van der Waals surface area contributed by atoms with E-state index in [1.807, 2.05) is 0 Å². The molecule has 0 heterocycles. The van der Waals surface area contributed by atoms with Crippen LogP contribution in [0.5, 0.6) is 0 Å². The number of Topliss-reactive ketones (excluding diaryl/α,β-unsaturated/α-hetero) is 1. The first kappa shape index (κ1) is 10.7. The first-order chi connectivity index (χ1) is 6.49. The molecule has 0 saturated carbocycles. The largest absolute Gasteiger partial charge is 0.475 e. The number of benzene rings is 1.